The number of primary amides is 1. The van der Waals surface area contributed by atoms with E-state index in [1.807, 2.05) is 6.07 Å². The van der Waals surface area contributed by atoms with E-state index in [1.54, 1.807) is 50.2 Å². The zero-order chi connectivity index (χ0) is 22.8. The Morgan fingerprint density at radius 3 is 2.58 bits per heavy atom. The SMILES string of the molecule is C[C@H](NC(=O)c1n[nH]c2cc(NC(=O)c3cccc(C(C)(C)C#N)c3)ccc12)C(N)=O. The molecule has 0 saturated carbocycles. The third-order valence-electron chi connectivity index (χ3n) is 4.94. The molecule has 0 aliphatic carbocycles. The van der Waals surface area contributed by atoms with Crippen molar-refractivity contribution in [3.63, 3.8) is 0 Å². The molecule has 3 aromatic rings. The van der Waals surface area contributed by atoms with Gasteiger partial charge in [0.2, 0.25) is 5.91 Å². The highest BCUT2D eigenvalue weighted by atomic mass is 16.2. The van der Waals surface area contributed by atoms with Crippen molar-refractivity contribution in [3.8, 4) is 6.07 Å². The van der Waals surface area contributed by atoms with Gasteiger partial charge in [-0.25, -0.2) is 0 Å². The molecule has 1 aromatic heterocycles. The van der Waals surface area contributed by atoms with Gasteiger partial charge in [-0.1, -0.05) is 12.1 Å². The number of nitrogens with two attached hydrogens (primary N) is 1. The maximum Gasteiger partial charge on any atom is 0.273 e. The van der Waals surface area contributed by atoms with E-state index in [0.29, 0.717) is 22.2 Å². The number of H-pyrrole nitrogens is 1. The first-order valence-corrected chi connectivity index (χ1v) is 9.54. The number of aromatic nitrogens is 2. The van der Waals surface area contributed by atoms with Crippen LogP contribution >= 0.6 is 0 Å². The lowest BCUT2D eigenvalue weighted by atomic mass is 9.85. The average molecular weight is 418 g/mol. The topological polar surface area (TPSA) is 154 Å². The van der Waals surface area contributed by atoms with E-state index in [4.69, 9.17) is 5.73 Å². The van der Waals surface area contributed by atoms with Crippen LogP contribution in [0.2, 0.25) is 0 Å². The van der Waals surface area contributed by atoms with E-state index >= 15 is 0 Å². The van der Waals surface area contributed by atoms with Crippen molar-refractivity contribution in [2.75, 3.05) is 5.32 Å². The summed E-state index contributed by atoms with van der Waals surface area (Å²) in [6.45, 7) is 5.05. The fourth-order valence-corrected chi connectivity index (χ4v) is 2.92. The van der Waals surface area contributed by atoms with Crippen LogP contribution in [0.5, 0.6) is 0 Å². The number of anilines is 1. The molecule has 31 heavy (non-hydrogen) atoms. The quantitative estimate of drug-likeness (QED) is 0.483. The Kier molecular flexibility index (Phi) is 5.75. The number of fused-ring (bicyclic) bond motifs is 1. The number of carbonyl (C=O) groups excluding carboxylic acids is 3. The zero-order valence-electron chi connectivity index (χ0n) is 17.3. The molecule has 1 atom stereocenters. The van der Waals surface area contributed by atoms with Gasteiger partial charge >= 0.3 is 0 Å². The number of aromatic amines is 1. The number of nitriles is 1. The first-order chi connectivity index (χ1) is 14.6. The van der Waals surface area contributed by atoms with Crippen LogP contribution in [0.3, 0.4) is 0 Å². The van der Waals surface area contributed by atoms with E-state index in [-0.39, 0.29) is 11.6 Å². The van der Waals surface area contributed by atoms with Crippen LogP contribution in [0, 0.1) is 11.3 Å². The van der Waals surface area contributed by atoms with E-state index in [9.17, 15) is 19.6 Å². The molecule has 2 aromatic carbocycles. The molecule has 0 saturated heterocycles. The first kappa shape index (κ1) is 21.5. The summed E-state index contributed by atoms with van der Waals surface area (Å²) in [4.78, 5) is 36.2. The number of amides is 3. The van der Waals surface area contributed by atoms with Crippen LogP contribution in [0.1, 0.15) is 47.2 Å². The molecule has 9 nitrogen and oxygen atoms in total. The summed E-state index contributed by atoms with van der Waals surface area (Å²) in [7, 11) is 0. The molecule has 0 radical (unpaired) electrons. The molecule has 0 unspecified atom stereocenters. The number of hydrogen-bond acceptors (Lipinski definition) is 5. The van der Waals surface area contributed by atoms with Crippen molar-refractivity contribution in [2.45, 2.75) is 32.2 Å². The molecule has 3 rings (SSSR count). The van der Waals surface area contributed by atoms with Crippen molar-refractivity contribution in [1.82, 2.24) is 15.5 Å². The van der Waals surface area contributed by atoms with Crippen molar-refractivity contribution in [3.05, 3.63) is 59.3 Å². The van der Waals surface area contributed by atoms with Crippen molar-refractivity contribution in [2.24, 2.45) is 5.73 Å². The van der Waals surface area contributed by atoms with Gasteiger partial charge in [0.1, 0.15) is 6.04 Å². The number of nitrogens with zero attached hydrogens (tertiary/aromatic N) is 2. The number of benzene rings is 2. The zero-order valence-corrected chi connectivity index (χ0v) is 17.3. The minimum absolute atomic E-state index is 0.118. The van der Waals surface area contributed by atoms with Crippen LogP contribution in [-0.4, -0.2) is 34.0 Å². The second-order valence-electron chi connectivity index (χ2n) is 7.70. The monoisotopic (exact) mass is 418 g/mol. The van der Waals surface area contributed by atoms with E-state index in [2.05, 4.69) is 26.9 Å². The minimum atomic E-state index is -0.834. The van der Waals surface area contributed by atoms with Gasteiger partial charge in [0.25, 0.3) is 11.8 Å². The molecular formula is C22H22N6O3. The lowest BCUT2D eigenvalue weighted by Crippen LogP contribution is -2.42. The summed E-state index contributed by atoms with van der Waals surface area (Å²) in [5.41, 5.74) is 6.78. The highest BCUT2D eigenvalue weighted by Crippen LogP contribution is 2.24. The Morgan fingerprint density at radius 2 is 1.90 bits per heavy atom. The number of hydrogen-bond donors (Lipinski definition) is 4. The molecule has 0 spiro atoms. The van der Waals surface area contributed by atoms with Gasteiger partial charge in [0, 0.05) is 16.6 Å². The Bertz CT molecular complexity index is 1220. The summed E-state index contributed by atoms with van der Waals surface area (Å²) in [5, 5.41) is 21.9. The van der Waals surface area contributed by atoms with Crippen LogP contribution < -0.4 is 16.4 Å². The second-order valence-corrected chi connectivity index (χ2v) is 7.70. The predicted molar refractivity (Wildman–Crippen MR) is 115 cm³/mol. The summed E-state index contributed by atoms with van der Waals surface area (Å²) in [6.07, 6.45) is 0. The molecule has 5 N–H and O–H groups in total. The van der Waals surface area contributed by atoms with Gasteiger partial charge in [-0.3, -0.25) is 19.5 Å². The van der Waals surface area contributed by atoms with E-state index < -0.39 is 23.3 Å². The first-order valence-electron chi connectivity index (χ1n) is 9.54. The van der Waals surface area contributed by atoms with Gasteiger partial charge in [0.15, 0.2) is 5.69 Å². The van der Waals surface area contributed by atoms with E-state index in [1.165, 1.54) is 6.92 Å². The number of rotatable bonds is 6. The maximum atomic E-state index is 12.7. The van der Waals surface area contributed by atoms with Gasteiger partial charge < -0.3 is 16.4 Å². The Morgan fingerprint density at radius 1 is 1.16 bits per heavy atom. The minimum Gasteiger partial charge on any atom is -0.368 e. The van der Waals surface area contributed by atoms with Crippen LogP contribution in [0.4, 0.5) is 5.69 Å². The Balaban J connectivity index is 1.80. The van der Waals surface area contributed by atoms with Crippen LogP contribution in [0.15, 0.2) is 42.5 Å². The summed E-state index contributed by atoms with van der Waals surface area (Å²) < 4.78 is 0. The largest absolute Gasteiger partial charge is 0.368 e. The average Bonchev–Trinajstić information content (AvgIpc) is 3.17. The lowest BCUT2D eigenvalue weighted by Gasteiger charge is -2.16. The smallest absolute Gasteiger partial charge is 0.273 e. The highest BCUT2D eigenvalue weighted by molar-refractivity contribution is 6.08. The molecule has 158 valence electrons. The molecule has 0 fully saturated rings. The molecule has 3 amide bonds. The standard InChI is InChI=1S/C22H22N6O3/c1-12(19(24)29)25-21(31)18-16-8-7-15(10-17(16)27-28-18)26-20(30)13-5-4-6-14(9-13)22(2,3)11-23/h4-10,12H,1-3H3,(H2,24,29)(H,25,31)(H,26,30)(H,27,28)/t12-/m0/s1. The Hall–Kier alpha value is -4.19. The normalized spacial score (nSPS) is 12.1. The van der Waals surface area contributed by atoms with Crippen molar-refractivity contribution >= 4 is 34.3 Å². The molecule has 9 heteroatoms. The maximum absolute atomic E-state index is 12.7. The summed E-state index contributed by atoms with van der Waals surface area (Å²) in [5.74, 6) is -1.52. The van der Waals surface area contributed by atoms with Crippen LogP contribution in [0.25, 0.3) is 10.9 Å². The molecule has 0 aliphatic heterocycles. The third-order valence-corrected chi connectivity index (χ3v) is 4.94. The fourth-order valence-electron chi connectivity index (χ4n) is 2.92. The number of carbonyl (C=O) groups is 3. The second kappa shape index (κ2) is 8.28. The fraction of sp³-hybridized carbons (Fsp3) is 0.227. The molecule has 0 aliphatic rings. The Labute approximate surface area is 178 Å². The summed E-state index contributed by atoms with van der Waals surface area (Å²) >= 11 is 0. The molecule has 0 bridgehead atoms. The van der Waals surface area contributed by atoms with E-state index in [0.717, 1.165) is 5.56 Å². The van der Waals surface area contributed by atoms with Gasteiger partial charge in [0.05, 0.1) is 17.0 Å². The van der Waals surface area contributed by atoms with Crippen molar-refractivity contribution < 1.29 is 14.4 Å². The predicted octanol–water partition coefficient (Wildman–Crippen LogP) is 2.22. The molecule has 1 heterocycles. The highest BCUT2D eigenvalue weighted by Gasteiger charge is 2.21. The number of nitrogens with one attached hydrogen (secondary N) is 3. The lowest BCUT2D eigenvalue weighted by molar-refractivity contribution is -0.119. The molecular weight excluding hydrogens is 396 g/mol. The van der Waals surface area contributed by atoms with Gasteiger partial charge in [-0.05, 0) is 56.7 Å². The third kappa shape index (κ3) is 4.53. The van der Waals surface area contributed by atoms with Crippen LogP contribution in [-0.2, 0) is 10.2 Å². The van der Waals surface area contributed by atoms with Gasteiger partial charge in [-0.15, -0.1) is 0 Å². The van der Waals surface area contributed by atoms with Crippen molar-refractivity contribution in [1.29, 1.82) is 5.26 Å². The summed E-state index contributed by atoms with van der Waals surface area (Å²) in [6, 6.07) is 13.2. The van der Waals surface area contributed by atoms with Gasteiger partial charge in [-0.2, -0.15) is 10.4 Å².